The van der Waals surface area contributed by atoms with Crippen LogP contribution < -0.4 is 119 Å². The van der Waals surface area contributed by atoms with E-state index in [1.54, 1.807) is 0 Å². The first kappa shape index (κ1) is 30.3. The predicted molar refractivity (Wildman–Crippen MR) is 61.2 cm³/mol. The SMILES string of the molecule is Nc1ccccc1CCO.O=C([O-])[O-].O=S(=O)(O)O.[K+].[K+]. The molecule has 0 bridgehead atoms. The molecule has 1 aromatic carbocycles. The Bertz CT molecular complexity index is 470. The van der Waals surface area contributed by atoms with E-state index in [0.29, 0.717) is 6.42 Å². The van der Waals surface area contributed by atoms with Gasteiger partial charge in [0.2, 0.25) is 0 Å². The van der Waals surface area contributed by atoms with Gasteiger partial charge >= 0.3 is 113 Å². The first-order valence-electron chi connectivity index (χ1n) is 4.60. The molecule has 9 nitrogen and oxygen atoms in total. The molecule has 12 heteroatoms. The van der Waals surface area contributed by atoms with Gasteiger partial charge in [-0.2, -0.15) is 8.42 Å². The molecular formula is C9H13K2NO8S. The van der Waals surface area contributed by atoms with Crippen LogP contribution in [0, 0.1) is 0 Å². The second-order valence-electron chi connectivity index (χ2n) is 2.87. The number of rotatable bonds is 2. The van der Waals surface area contributed by atoms with Crippen molar-refractivity contribution >= 4 is 22.2 Å². The van der Waals surface area contributed by atoms with E-state index >= 15 is 0 Å². The quantitative estimate of drug-likeness (QED) is 0.222. The van der Waals surface area contributed by atoms with Crippen molar-refractivity contribution in [1.29, 1.82) is 0 Å². The Labute approximate surface area is 207 Å². The minimum Gasteiger partial charge on any atom is -0.652 e. The molecule has 0 aliphatic heterocycles. The molecule has 0 saturated carbocycles. The third-order valence-corrected chi connectivity index (χ3v) is 1.44. The topological polar surface area (TPSA) is 184 Å². The van der Waals surface area contributed by atoms with Crippen molar-refractivity contribution in [3.8, 4) is 0 Å². The van der Waals surface area contributed by atoms with Crippen LogP contribution in [-0.2, 0) is 16.8 Å². The number of carbonyl (C=O) groups is 1. The Balaban J connectivity index is -0.000000114. The van der Waals surface area contributed by atoms with Gasteiger partial charge in [-0.05, 0) is 24.2 Å². The number of hydrogen-bond donors (Lipinski definition) is 4. The molecule has 110 valence electrons. The fourth-order valence-electron chi connectivity index (χ4n) is 0.882. The molecular weight excluding hydrogens is 360 g/mol. The van der Waals surface area contributed by atoms with Crippen molar-refractivity contribution < 1.29 is 140 Å². The van der Waals surface area contributed by atoms with E-state index in [-0.39, 0.29) is 109 Å². The maximum absolute atomic E-state index is 8.74. The molecule has 0 aliphatic rings. The summed E-state index contributed by atoms with van der Waals surface area (Å²) >= 11 is 0. The molecule has 0 heterocycles. The van der Waals surface area contributed by atoms with Crippen molar-refractivity contribution in [2.45, 2.75) is 6.42 Å². The number of nitrogen functional groups attached to an aromatic ring is 1. The van der Waals surface area contributed by atoms with Gasteiger partial charge in [0, 0.05) is 12.3 Å². The molecule has 0 radical (unpaired) electrons. The van der Waals surface area contributed by atoms with Gasteiger partial charge in [0.05, 0.1) is 0 Å². The Morgan fingerprint density at radius 3 is 1.76 bits per heavy atom. The van der Waals surface area contributed by atoms with E-state index in [9.17, 15) is 0 Å². The monoisotopic (exact) mass is 373 g/mol. The van der Waals surface area contributed by atoms with Crippen LogP contribution in [0.25, 0.3) is 0 Å². The van der Waals surface area contributed by atoms with Gasteiger partial charge in [-0.25, -0.2) is 0 Å². The van der Waals surface area contributed by atoms with E-state index in [2.05, 4.69) is 0 Å². The summed E-state index contributed by atoms with van der Waals surface area (Å²) in [5.41, 5.74) is 7.37. The average Bonchev–Trinajstić information content (AvgIpc) is 2.18. The van der Waals surface area contributed by atoms with E-state index in [1.807, 2.05) is 24.3 Å². The first-order valence-corrected chi connectivity index (χ1v) is 5.99. The van der Waals surface area contributed by atoms with Crippen LogP contribution in [0.4, 0.5) is 10.5 Å². The number of aliphatic hydroxyl groups excluding tert-OH is 1. The van der Waals surface area contributed by atoms with Crippen LogP contribution in [0.3, 0.4) is 0 Å². The van der Waals surface area contributed by atoms with Gasteiger partial charge < -0.3 is 25.8 Å². The predicted octanol–water partition coefficient (Wildman–Crippen LogP) is -8.29. The normalized spacial score (nSPS) is 8.52. The van der Waals surface area contributed by atoms with Crippen molar-refractivity contribution in [2.75, 3.05) is 12.3 Å². The zero-order valence-electron chi connectivity index (χ0n) is 11.6. The number of para-hydroxylation sites is 1. The molecule has 0 amide bonds. The van der Waals surface area contributed by atoms with Crippen molar-refractivity contribution in [2.24, 2.45) is 0 Å². The number of carboxylic acid groups (broad SMARTS) is 2. The van der Waals surface area contributed by atoms with E-state index in [1.165, 1.54) is 0 Å². The van der Waals surface area contributed by atoms with Gasteiger partial charge in [-0.3, -0.25) is 9.11 Å². The number of benzene rings is 1. The van der Waals surface area contributed by atoms with Crippen molar-refractivity contribution in [3.05, 3.63) is 29.8 Å². The van der Waals surface area contributed by atoms with E-state index < -0.39 is 16.6 Å². The number of anilines is 1. The summed E-state index contributed by atoms with van der Waals surface area (Å²) in [6.45, 7) is 0.161. The average molecular weight is 373 g/mol. The largest absolute Gasteiger partial charge is 1.00 e. The molecule has 21 heavy (non-hydrogen) atoms. The Morgan fingerprint density at radius 2 is 1.48 bits per heavy atom. The zero-order valence-corrected chi connectivity index (χ0v) is 18.7. The fourth-order valence-corrected chi connectivity index (χ4v) is 0.882. The van der Waals surface area contributed by atoms with Gasteiger partial charge in [0.1, 0.15) is 0 Å². The zero-order chi connectivity index (χ0) is 15.5. The number of aliphatic hydroxyl groups is 1. The van der Waals surface area contributed by atoms with Crippen LogP contribution >= 0.6 is 0 Å². The molecule has 5 N–H and O–H groups in total. The van der Waals surface area contributed by atoms with Crippen LogP contribution in [0.2, 0.25) is 0 Å². The van der Waals surface area contributed by atoms with Crippen LogP contribution in [0.1, 0.15) is 5.56 Å². The van der Waals surface area contributed by atoms with Crippen molar-refractivity contribution in [3.63, 3.8) is 0 Å². The molecule has 1 aromatic rings. The molecule has 0 saturated heterocycles. The standard InChI is InChI=1S/C8H11NO.CH2O3.2K.H2O4S/c9-8-4-2-1-3-7(8)5-6-10;2-1(3)4;;;1-5(2,3)4/h1-4,10H,5-6,9H2;(H2,2,3,4);;;(H2,1,2,3,4)/q;;2*+1;/p-2. The molecule has 0 fully saturated rings. The summed E-state index contributed by atoms with van der Waals surface area (Å²) in [7, 11) is -4.67. The van der Waals surface area contributed by atoms with E-state index in [0.717, 1.165) is 11.3 Å². The Hall–Kier alpha value is 1.39. The Kier molecular flexibility index (Phi) is 25.6. The summed E-state index contributed by atoms with van der Waals surface area (Å²) < 4.78 is 31.6. The molecule has 0 aliphatic carbocycles. The van der Waals surface area contributed by atoms with E-state index in [4.69, 9.17) is 43.4 Å². The van der Waals surface area contributed by atoms with Gasteiger partial charge in [0.25, 0.3) is 0 Å². The number of hydrogen-bond acceptors (Lipinski definition) is 7. The third kappa shape index (κ3) is 34.0. The van der Waals surface area contributed by atoms with Crippen LogP contribution in [-0.4, -0.2) is 35.4 Å². The van der Waals surface area contributed by atoms with Crippen LogP contribution in [0.15, 0.2) is 24.3 Å². The number of carbonyl (C=O) groups excluding carboxylic acids is 1. The summed E-state index contributed by atoms with van der Waals surface area (Å²) in [6.07, 6.45) is -1.69. The van der Waals surface area contributed by atoms with Crippen molar-refractivity contribution in [1.82, 2.24) is 0 Å². The molecule has 0 unspecified atom stereocenters. The van der Waals surface area contributed by atoms with Crippen LogP contribution in [0.5, 0.6) is 0 Å². The molecule has 0 spiro atoms. The molecule has 0 atom stereocenters. The molecule has 0 aromatic heterocycles. The minimum atomic E-state index is -4.67. The second kappa shape index (κ2) is 17.7. The fraction of sp³-hybridized carbons (Fsp3) is 0.222. The minimum absolute atomic E-state index is 0. The second-order valence-corrected chi connectivity index (χ2v) is 3.77. The first-order chi connectivity index (χ1) is 8.57. The summed E-state index contributed by atoms with van der Waals surface area (Å²) in [5, 5.41) is 25.3. The number of nitrogens with two attached hydrogens (primary N) is 1. The third-order valence-electron chi connectivity index (χ3n) is 1.44. The Morgan fingerprint density at radius 1 is 1.14 bits per heavy atom. The summed E-state index contributed by atoms with van der Waals surface area (Å²) in [4.78, 5) is 8.33. The maximum Gasteiger partial charge on any atom is 1.00 e. The van der Waals surface area contributed by atoms with Gasteiger partial charge in [0.15, 0.2) is 0 Å². The van der Waals surface area contributed by atoms with Gasteiger partial charge in [-0.1, -0.05) is 18.2 Å². The van der Waals surface area contributed by atoms with Gasteiger partial charge in [-0.15, -0.1) is 0 Å². The smallest absolute Gasteiger partial charge is 0.652 e. The summed E-state index contributed by atoms with van der Waals surface area (Å²) in [5.74, 6) is 0. The summed E-state index contributed by atoms with van der Waals surface area (Å²) in [6, 6.07) is 7.56. The molecule has 1 rings (SSSR count). The maximum atomic E-state index is 8.74.